The Labute approximate surface area is 116 Å². The van der Waals surface area contributed by atoms with Crippen LogP contribution in [0.25, 0.3) is 0 Å². The predicted octanol–water partition coefficient (Wildman–Crippen LogP) is 1.84. The Morgan fingerprint density at radius 3 is 2.79 bits per heavy atom. The molecule has 0 bridgehead atoms. The Hall–Kier alpha value is -0.920. The van der Waals surface area contributed by atoms with E-state index < -0.39 is 16.0 Å². The minimum Gasteiger partial charge on any atom is -0.481 e. The minimum atomic E-state index is -3.52. The van der Waals surface area contributed by atoms with Crippen molar-refractivity contribution < 1.29 is 18.3 Å². The number of sulfonamides is 1. The van der Waals surface area contributed by atoms with Gasteiger partial charge in [0.25, 0.3) is 0 Å². The zero-order chi connectivity index (χ0) is 14.0. The van der Waals surface area contributed by atoms with Crippen LogP contribution in [0.4, 0.5) is 0 Å². The summed E-state index contributed by atoms with van der Waals surface area (Å²) in [6.07, 6.45) is 2.82. The van der Waals surface area contributed by atoms with Gasteiger partial charge in [0, 0.05) is 10.9 Å². The molecule has 1 fully saturated rings. The van der Waals surface area contributed by atoms with Crippen LogP contribution in [0.15, 0.2) is 16.3 Å². The molecule has 2 atom stereocenters. The molecule has 1 aromatic rings. The molecule has 7 heteroatoms. The number of carboxylic acid groups (broad SMARTS) is 1. The zero-order valence-electron chi connectivity index (χ0n) is 10.6. The maximum atomic E-state index is 12.2. The fraction of sp³-hybridized carbons (Fsp3) is 0.583. The molecule has 0 saturated heterocycles. The third kappa shape index (κ3) is 3.55. The van der Waals surface area contributed by atoms with Crippen LogP contribution in [0.3, 0.4) is 0 Å². The monoisotopic (exact) mass is 303 g/mol. The van der Waals surface area contributed by atoms with Gasteiger partial charge in [0.05, 0.1) is 6.42 Å². The van der Waals surface area contributed by atoms with Crippen molar-refractivity contribution in [3.8, 4) is 0 Å². The molecule has 1 saturated carbocycles. The van der Waals surface area contributed by atoms with E-state index in [1.54, 1.807) is 6.07 Å². The minimum absolute atomic E-state index is 0.00461. The van der Waals surface area contributed by atoms with E-state index in [0.717, 1.165) is 30.6 Å². The Morgan fingerprint density at radius 2 is 2.21 bits per heavy atom. The molecule has 0 aromatic carbocycles. The molecule has 0 aliphatic heterocycles. The van der Waals surface area contributed by atoms with Crippen LogP contribution in [-0.4, -0.2) is 25.5 Å². The number of thiophene rings is 1. The van der Waals surface area contributed by atoms with E-state index in [9.17, 15) is 13.2 Å². The lowest BCUT2D eigenvalue weighted by Gasteiger charge is -2.16. The molecule has 2 unspecified atom stereocenters. The van der Waals surface area contributed by atoms with Crippen LogP contribution in [-0.2, 0) is 21.2 Å². The molecule has 0 radical (unpaired) electrons. The van der Waals surface area contributed by atoms with Crippen LogP contribution in [0.2, 0.25) is 0 Å². The highest BCUT2D eigenvalue weighted by Gasteiger charge is 2.29. The first-order chi connectivity index (χ1) is 8.88. The number of aliphatic carboxylic acids is 1. The summed E-state index contributed by atoms with van der Waals surface area (Å²) in [5, 5.41) is 8.69. The number of carboxylic acids is 1. The van der Waals surface area contributed by atoms with E-state index in [0.29, 0.717) is 10.8 Å². The maximum absolute atomic E-state index is 12.2. The van der Waals surface area contributed by atoms with Crippen molar-refractivity contribution in [3.05, 3.63) is 17.0 Å². The second-order valence-electron chi connectivity index (χ2n) is 4.93. The normalized spacial score (nSPS) is 23.6. The van der Waals surface area contributed by atoms with Crippen molar-refractivity contribution in [2.75, 3.05) is 0 Å². The number of hydrogen-bond acceptors (Lipinski definition) is 4. The smallest absolute Gasteiger partial charge is 0.308 e. The number of nitrogens with one attached hydrogen (secondary N) is 1. The maximum Gasteiger partial charge on any atom is 0.308 e. The van der Waals surface area contributed by atoms with Crippen molar-refractivity contribution in [3.63, 3.8) is 0 Å². The van der Waals surface area contributed by atoms with Gasteiger partial charge in [-0.15, -0.1) is 11.3 Å². The van der Waals surface area contributed by atoms with Gasteiger partial charge < -0.3 is 5.11 Å². The summed E-state index contributed by atoms with van der Waals surface area (Å²) in [6, 6.07) is 3.03. The zero-order valence-corrected chi connectivity index (χ0v) is 12.3. The fourth-order valence-electron chi connectivity index (χ4n) is 2.32. The van der Waals surface area contributed by atoms with Crippen LogP contribution >= 0.6 is 11.3 Å². The predicted molar refractivity (Wildman–Crippen MR) is 72.8 cm³/mol. The molecular formula is C12H17NO4S2. The highest BCUT2D eigenvalue weighted by Crippen LogP contribution is 2.28. The number of hydrogen-bond donors (Lipinski definition) is 2. The molecule has 1 heterocycles. The van der Waals surface area contributed by atoms with Crippen LogP contribution in [0, 0.1) is 5.92 Å². The summed E-state index contributed by atoms with van der Waals surface area (Å²) in [6.45, 7) is 2.05. The van der Waals surface area contributed by atoms with E-state index in [-0.39, 0.29) is 16.7 Å². The molecule has 106 valence electrons. The average Bonchev–Trinajstić information content (AvgIpc) is 2.88. The molecule has 0 amide bonds. The van der Waals surface area contributed by atoms with Crippen LogP contribution in [0.1, 0.15) is 31.1 Å². The SMILES string of the molecule is CC1CCCC1NS(=O)(=O)c1ccc(CC(=O)O)s1. The van der Waals surface area contributed by atoms with Crippen LogP contribution < -0.4 is 4.72 Å². The van der Waals surface area contributed by atoms with Gasteiger partial charge in [0.2, 0.25) is 10.0 Å². The largest absolute Gasteiger partial charge is 0.481 e. The lowest BCUT2D eigenvalue weighted by atomic mass is 10.1. The van der Waals surface area contributed by atoms with Gasteiger partial charge >= 0.3 is 5.97 Å². The first kappa shape index (κ1) is 14.5. The highest BCUT2D eigenvalue weighted by atomic mass is 32.2. The van der Waals surface area contributed by atoms with Crippen molar-refractivity contribution in [2.45, 2.75) is 42.9 Å². The fourth-order valence-corrected chi connectivity index (χ4v) is 5.07. The van der Waals surface area contributed by atoms with Gasteiger partial charge in [-0.2, -0.15) is 0 Å². The second-order valence-corrected chi connectivity index (χ2v) is 8.04. The Bertz CT molecular complexity index is 564. The van der Waals surface area contributed by atoms with Crippen molar-refractivity contribution in [1.82, 2.24) is 4.72 Å². The highest BCUT2D eigenvalue weighted by molar-refractivity contribution is 7.91. The molecular weight excluding hydrogens is 286 g/mol. The van der Waals surface area contributed by atoms with E-state index >= 15 is 0 Å². The van der Waals surface area contributed by atoms with Crippen LogP contribution in [0.5, 0.6) is 0 Å². The van der Waals surface area contributed by atoms with Gasteiger partial charge in [-0.25, -0.2) is 13.1 Å². The second kappa shape index (κ2) is 5.60. The third-order valence-corrected chi connectivity index (χ3v) is 6.46. The molecule has 1 aliphatic rings. The Morgan fingerprint density at radius 1 is 1.47 bits per heavy atom. The number of carbonyl (C=O) groups is 1. The molecule has 0 spiro atoms. The molecule has 5 nitrogen and oxygen atoms in total. The summed E-state index contributed by atoms with van der Waals surface area (Å²) in [7, 11) is -3.52. The first-order valence-corrected chi connectivity index (χ1v) is 8.51. The van der Waals surface area contributed by atoms with Crippen molar-refractivity contribution in [2.24, 2.45) is 5.92 Å². The molecule has 2 rings (SSSR count). The van der Waals surface area contributed by atoms with Gasteiger partial charge in [-0.3, -0.25) is 4.79 Å². The summed E-state index contributed by atoms with van der Waals surface area (Å²) in [5.74, 6) is -0.601. The van der Waals surface area contributed by atoms with Gasteiger partial charge in [0.15, 0.2) is 0 Å². The van der Waals surface area contributed by atoms with E-state index in [4.69, 9.17) is 5.11 Å². The summed E-state index contributed by atoms with van der Waals surface area (Å²) in [5.41, 5.74) is 0. The van der Waals surface area contributed by atoms with Crippen molar-refractivity contribution in [1.29, 1.82) is 0 Å². The number of rotatable bonds is 5. The lowest BCUT2D eigenvalue weighted by molar-refractivity contribution is -0.136. The quantitative estimate of drug-likeness (QED) is 0.869. The average molecular weight is 303 g/mol. The van der Waals surface area contributed by atoms with Gasteiger partial charge in [-0.05, 0) is 30.9 Å². The standard InChI is InChI=1S/C12H17NO4S2/c1-8-3-2-4-10(8)13-19(16,17)12-6-5-9(18-12)7-11(14)15/h5-6,8,10,13H,2-4,7H2,1H3,(H,14,15). The topological polar surface area (TPSA) is 83.5 Å². The van der Waals surface area contributed by atoms with Gasteiger partial charge in [-0.1, -0.05) is 13.3 Å². The summed E-state index contributed by atoms with van der Waals surface area (Å²) < 4.78 is 27.3. The molecule has 2 N–H and O–H groups in total. The Kier molecular flexibility index (Phi) is 4.27. The lowest BCUT2D eigenvalue weighted by Crippen LogP contribution is -2.35. The van der Waals surface area contributed by atoms with Gasteiger partial charge in [0.1, 0.15) is 4.21 Å². The molecule has 1 aromatic heterocycles. The van der Waals surface area contributed by atoms with Crippen molar-refractivity contribution >= 4 is 27.3 Å². The third-order valence-electron chi connectivity index (χ3n) is 3.40. The summed E-state index contributed by atoms with van der Waals surface area (Å²) in [4.78, 5) is 11.1. The molecule has 19 heavy (non-hydrogen) atoms. The molecule has 1 aliphatic carbocycles. The van der Waals surface area contributed by atoms with E-state index in [1.807, 2.05) is 6.92 Å². The Balaban J connectivity index is 2.10. The summed E-state index contributed by atoms with van der Waals surface area (Å²) >= 11 is 1.02. The van der Waals surface area contributed by atoms with E-state index in [2.05, 4.69) is 4.72 Å². The van der Waals surface area contributed by atoms with E-state index in [1.165, 1.54) is 6.07 Å². The first-order valence-electron chi connectivity index (χ1n) is 6.21.